The molecule has 1 aromatic heterocycles. The van der Waals surface area contributed by atoms with Gasteiger partial charge < -0.3 is 4.52 Å². The quantitative estimate of drug-likeness (QED) is 0.809. The lowest BCUT2D eigenvalue weighted by Gasteiger charge is -2.36. The second-order valence-electron chi connectivity index (χ2n) is 7.87. The number of hydrogen-bond acceptors (Lipinski definition) is 5. The molecule has 0 saturated carbocycles. The fraction of sp³-hybridized carbons (Fsp3) is 0.824. The summed E-state index contributed by atoms with van der Waals surface area (Å²) >= 11 is 0. The van der Waals surface area contributed by atoms with Crippen LogP contribution in [0.4, 0.5) is 0 Å². The highest BCUT2D eigenvalue weighted by atomic mass is 32.2. The molecule has 136 valence electrons. The Labute approximate surface area is 145 Å². The van der Waals surface area contributed by atoms with Crippen molar-refractivity contribution in [3.63, 3.8) is 0 Å². The SMILES string of the molecule is CC(C)Cc1cc(CN2CCCC(N3CC(C)CS3(=O)=O)C2)no1. The van der Waals surface area contributed by atoms with Crippen LogP contribution < -0.4 is 0 Å². The van der Waals surface area contributed by atoms with Crippen molar-refractivity contribution in [2.45, 2.75) is 52.6 Å². The lowest BCUT2D eigenvalue weighted by molar-refractivity contribution is 0.140. The van der Waals surface area contributed by atoms with E-state index in [1.807, 2.05) is 13.0 Å². The van der Waals surface area contributed by atoms with Gasteiger partial charge in [-0.25, -0.2) is 8.42 Å². The van der Waals surface area contributed by atoms with Crippen molar-refractivity contribution in [3.8, 4) is 0 Å². The van der Waals surface area contributed by atoms with Crippen molar-refractivity contribution >= 4 is 10.0 Å². The van der Waals surface area contributed by atoms with Crippen molar-refractivity contribution in [3.05, 3.63) is 17.5 Å². The first-order chi connectivity index (χ1) is 11.3. The Bertz CT molecular complexity index is 656. The Morgan fingerprint density at radius 3 is 2.83 bits per heavy atom. The fourth-order valence-corrected chi connectivity index (χ4v) is 6.00. The van der Waals surface area contributed by atoms with Crippen molar-refractivity contribution in [2.75, 3.05) is 25.4 Å². The van der Waals surface area contributed by atoms with E-state index >= 15 is 0 Å². The van der Waals surface area contributed by atoms with Crippen molar-refractivity contribution in [2.24, 2.45) is 11.8 Å². The molecule has 0 N–H and O–H groups in total. The van der Waals surface area contributed by atoms with Crippen LogP contribution in [0.25, 0.3) is 0 Å². The summed E-state index contributed by atoms with van der Waals surface area (Å²) < 4.78 is 31.8. The average Bonchev–Trinajstić information content (AvgIpc) is 3.01. The third-order valence-corrected chi connectivity index (χ3v) is 6.99. The third kappa shape index (κ3) is 4.18. The largest absolute Gasteiger partial charge is 0.361 e. The average molecular weight is 356 g/mol. The summed E-state index contributed by atoms with van der Waals surface area (Å²) in [7, 11) is -3.07. The first-order valence-electron chi connectivity index (χ1n) is 9.00. The zero-order valence-corrected chi connectivity index (χ0v) is 15.8. The number of nitrogens with zero attached hydrogens (tertiary/aromatic N) is 3. The van der Waals surface area contributed by atoms with Crippen LogP contribution in [0.2, 0.25) is 0 Å². The summed E-state index contributed by atoms with van der Waals surface area (Å²) in [4.78, 5) is 2.31. The van der Waals surface area contributed by atoms with Crippen LogP contribution in [0, 0.1) is 11.8 Å². The van der Waals surface area contributed by atoms with Crippen LogP contribution in [0.3, 0.4) is 0 Å². The van der Waals surface area contributed by atoms with Crippen LogP contribution in [0.1, 0.15) is 45.1 Å². The van der Waals surface area contributed by atoms with Crippen LogP contribution in [0.15, 0.2) is 10.6 Å². The molecule has 3 rings (SSSR count). The zero-order valence-electron chi connectivity index (χ0n) is 14.9. The summed E-state index contributed by atoms with van der Waals surface area (Å²) in [5, 5.41) is 4.18. The molecule has 0 radical (unpaired) electrons. The minimum absolute atomic E-state index is 0.107. The Morgan fingerprint density at radius 2 is 2.17 bits per heavy atom. The van der Waals surface area contributed by atoms with Crippen LogP contribution in [0.5, 0.6) is 0 Å². The van der Waals surface area contributed by atoms with Crippen LogP contribution >= 0.6 is 0 Å². The molecule has 7 heteroatoms. The number of piperidine rings is 1. The maximum atomic E-state index is 12.3. The van der Waals surface area contributed by atoms with E-state index in [4.69, 9.17) is 4.52 Å². The molecule has 2 fully saturated rings. The Balaban J connectivity index is 1.61. The molecule has 0 aromatic carbocycles. The Kier molecular flexibility index (Phi) is 5.32. The number of likely N-dealkylation sites (tertiary alicyclic amines) is 1. The van der Waals surface area contributed by atoms with Gasteiger partial charge in [-0.2, -0.15) is 4.31 Å². The molecule has 0 aliphatic carbocycles. The third-order valence-electron chi connectivity index (χ3n) is 4.83. The van der Waals surface area contributed by atoms with Gasteiger partial charge in [0, 0.05) is 38.2 Å². The lowest BCUT2D eigenvalue weighted by Crippen LogP contribution is -2.48. The number of sulfonamides is 1. The summed E-state index contributed by atoms with van der Waals surface area (Å²) in [6, 6.07) is 2.15. The number of hydrogen-bond donors (Lipinski definition) is 0. The van der Waals surface area contributed by atoms with Gasteiger partial charge in [-0.3, -0.25) is 4.90 Å². The van der Waals surface area contributed by atoms with E-state index in [-0.39, 0.29) is 12.0 Å². The predicted octanol–water partition coefficient (Wildman–Crippen LogP) is 2.12. The van der Waals surface area contributed by atoms with Crippen LogP contribution in [-0.2, 0) is 23.0 Å². The van der Waals surface area contributed by atoms with Gasteiger partial charge >= 0.3 is 0 Å². The van der Waals surface area contributed by atoms with E-state index < -0.39 is 10.0 Å². The zero-order chi connectivity index (χ0) is 17.3. The van der Waals surface area contributed by atoms with Gasteiger partial charge in [0.2, 0.25) is 10.0 Å². The van der Waals surface area contributed by atoms with Gasteiger partial charge in [0.15, 0.2) is 0 Å². The monoisotopic (exact) mass is 355 g/mol. The molecule has 0 spiro atoms. The molecule has 24 heavy (non-hydrogen) atoms. The predicted molar refractivity (Wildman–Crippen MR) is 93.0 cm³/mol. The molecule has 2 aliphatic heterocycles. The topological polar surface area (TPSA) is 66.7 Å². The first-order valence-corrected chi connectivity index (χ1v) is 10.6. The highest BCUT2D eigenvalue weighted by Gasteiger charge is 2.39. The second-order valence-corrected chi connectivity index (χ2v) is 9.83. The molecule has 3 heterocycles. The normalized spacial score (nSPS) is 28.7. The minimum atomic E-state index is -3.07. The highest BCUT2D eigenvalue weighted by molar-refractivity contribution is 7.89. The number of aromatic nitrogens is 1. The van der Waals surface area contributed by atoms with E-state index in [2.05, 4.69) is 23.9 Å². The van der Waals surface area contributed by atoms with E-state index in [1.54, 1.807) is 4.31 Å². The van der Waals surface area contributed by atoms with E-state index in [0.717, 1.165) is 50.4 Å². The van der Waals surface area contributed by atoms with Gasteiger partial charge in [-0.15, -0.1) is 0 Å². The lowest BCUT2D eigenvalue weighted by atomic mass is 10.0. The van der Waals surface area contributed by atoms with Crippen LogP contribution in [-0.4, -0.2) is 54.2 Å². The van der Waals surface area contributed by atoms with Crippen molar-refractivity contribution in [1.82, 2.24) is 14.4 Å². The van der Waals surface area contributed by atoms with Gasteiger partial charge in [-0.05, 0) is 31.2 Å². The van der Waals surface area contributed by atoms with Crippen molar-refractivity contribution < 1.29 is 12.9 Å². The molecular weight excluding hydrogens is 326 g/mol. The van der Waals surface area contributed by atoms with Crippen molar-refractivity contribution in [1.29, 1.82) is 0 Å². The van der Waals surface area contributed by atoms with Gasteiger partial charge in [0.1, 0.15) is 5.76 Å². The summed E-state index contributed by atoms with van der Waals surface area (Å²) in [6.45, 7) is 9.53. The summed E-state index contributed by atoms with van der Waals surface area (Å²) in [6.07, 6.45) is 2.89. The standard InChI is InChI=1S/C17H29N3O3S/c1-13(2)7-17-8-15(18-23-17)10-19-6-4-5-16(11-19)20-9-14(3)12-24(20,21)22/h8,13-14,16H,4-7,9-12H2,1-3H3. The summed E-state index contributed by atoms with van der Waals surface area (Å²) in [5.74, 6) is 2.02. The first kappa shape index (κ1) is 17.9. The highest BCUT2D eigenvalue weighted by Crippen LogP contribution is 2.27. The molecule has 2 saturated heterocycles. The second kappa shape index (κ2) is 7.14. The summed E-state index contributed by atoms with van der Waals surface area (Å²) in [5.41, 5.74) is 0.948. The molecule has 0 amide bonds. The molecular formula is C17H29N3O3S. The molecule has 2 unspecified atom stereocenters. The Morgan fingerprint density at radius 1 is 1.38 bits per heavy atom. The molecule has 2 aliphatic rings. The fourth-order valence-electron chi connectivity index (χ4n) is 3.87. The molecule has 6 nitrogen and oxygen atoms in total. The maximum absolute atomic E-state index is 12.3. The maximum Gasteiger partial charge on any atom is 0.214 e. The van der Waals surface area contributed by atoms with E-state index in [0.29, 0.717) is 18.2 Å². The molecule has 2 atom stereocenters. The minimum Gasteiger partial charge on any atom is -0.361 e. The number of rotatable bonds is 5. The Hall–Kier alpha value is -0.920. The van der Waals surface area contributed by atoms with E-state index in [1.165, 1.54) is 0 Å². The van der Waals surface area contributed by atoms with Gasteiger partial charge in [0.05, 0.1) is 11.4 Å². The van der Waals surface area contributed by atoms with Gasteiger partial charge in [0.25, 0.3) is 0 Å². The van der Waals surface area contributed by atoms with E-state index in [9.17, 15) is 8.42 Å². The van der Waals surface area contributed by atoms with Gasteiger partial charge in [-0.1, -0.05) is 25.9 Å². The molecule has 0 bridgehead atoms. The smallest absolute Gasteiger partial charge is 0.214 e. The molecule has 1 aromatic rings.